The van der Waals surface area contributed by atoms with Crippen LogP contribution < -0.4 is 16.8 Å². The molecular formula is C10H20N6O3. The van der Waals surface area contributed by atoms with E-state index in [0.717, 1.165) is 0 Å². The maximum atomic E-state index is 5.51. The van der Waals surface area contributed by atoms with Crippen molar-refractivity contribution in [1.29, 1.82) is 0 Å². The molecule has 0 saturated carbocycles. The first-order valence-corrected chi connectivity index (χ1v) is 5.69. The first kappa shape index (κ1) is 15.3. The van der Waals surface area contributed by atoms with Crippen LogP contribution in [0.3, 0.4) is 0 Å². The molecule has 0 bridgehead atoms. The van der Waals surface area contributed by atoms with Crippen LogP contribution in [-0.4, -0.2) is 48.3 Å². The molecule has 9 heteroatoms. The Hall–Kier alpha value is -1.71. The Balaban J connectivity index is 3.06. The molecule has 0 amide bonds. The number of rotatable bonds is 7. The van der Waals surface area contributed by atoms with E-state index in [9.17, 15) is 0 Å². The number of hydrogen-bond donors (Lipinski definition) is 3. The van der Waals surface area contributed by atoms with Crippen molar-refractivity contribution in [3.63, 3.8) is 0 Å². The highest BCUT2D eigenvalue weighted by atomic mass is 16.7. The molecule has 0 spiro atoms. The molecule has 1 atom stereocenters. The van der Waals surface area contributed by atoms with Crippen LogP contribution in [0, 0.1) is 0 Å². The van der Waals surface area contributed by atoms with Crippen LogP contribution in [0.5, 0.6) is 0 Å². The summed E-state index contributed by atoms with van der Waals surface area (Å²) >= 11 is 0. The Bertz CT molecular complexity index is 388. The highest BCUT2D eigenvalue weighted by molar-refractivity contribution is 5.38. The van der Waals surface area contributed by atoms with Gasteiger partial charge in [0.15, 0.2) is 0 Å². The molecule has 0 fully saturated rings. The molecule has 0 aliphatic rings. The van der Waals surface area contributed by atoms with Crippen LogP contribution in [0.4, 0.5) is 17.8 Å². The minimum Gasteiger partial charge on any atom is -0.374 e. The Labute approximate surface area is 111 Å². The molecule has 0 radical (unpaired) electrons. The van der Waals surface area contributed by atoms with Crippen LogP contribution >= 0.6 is 0 Å². The monoisotopic (exact) mass is 272 g/mol. The van der Waals surface area contributed by atoms with Crippen LogP contribution in [0.1, 0.15) is 13.3 Å². The molecule has 0 aromatic carbocycles. The second-order valence-corrected chi connectivity index (χ2v) is 3.71. The Morgan fingerprint density at radius 2 is 1.63 bits per heavy atom. The van der Waals surface area contributed by atoms with Gasteiger partial charge in [0.05, 0.1) is 0 Å². The van der Waals surface area contributed by atoms with Crippen molar-refractivity contribution in [2.45, 2.75) is 25.4 Å². The van der Waals surface area contributed by atoms with Gasteiger partial charge in [0, 0.05) is 21.3 Å². The van der Waals surface area contributed by atoms with Gasteiger partial charge in [0.1, 0.15) is 6.10 Å². The molecule has 1 unspecified atom stereocenters. The van der Waals surface area contributed by atoms with E-state index in [1.54, 1.807) is 7.11 Å². The molecule has 0 aliphatic heterocycles. The Morgan fingerprint density at radius 1 is 1.11 bits per heavy atom. The number of anilines is 3. The lowest BCUT2D eigenvalue weighted by Crippen LogP contribution is -2.53. The summed E-state index contributed by atoms with van der Waals surface area (Å²) in [6, 6.07) is 0. The number of hydrogen-bond acceptors (Lipinski definition) is 9. The zero-order valence-corrected chi connectivity index (χ0v) is 11.5. The number of nitrogens with one attached hydrogen (secondary N) is 1. The van der Waals surface area contributed by atoms with E-state index in [1.807, 2.05) is 6.92 Å². The van der Waals surface area contributed by atoms with Crippen molar-refractivity contribution in [3.05, 3.63) is 0 Å². The molecule has 0 aliphatic carbocycles. The quantitative estimate of drug-likeness (QED) is 0.578. The second kappa shape index (κ2) is 6.45. The largest absolute Gasteiger partial charge is 0.374 e. The van der Waals surface area contributed by atoms with Crippen molar-refractivity contribution < 1.29 is 14.2 Å². The van der Waals surface area contributed by atoms with Gasteiger partial charge in [-0.25, -0.2) is 0 Å². The van der Waals surface area contributed by atoms with Crippen molar-refractivity contribution in [1.82, 2.24) is 15.0 Å². The van der Waals surface area contributed by atoms with Crippen LogP contribution in [0.25, 0.3) is 0 Å². The summed E-state index contributed by atoms with van der Waals surface area (Å²) in [5.74, 6) is -1.10. The van der Waals surface area contributed by atoms with Gasteiger partial charge in [-0.2, -0.15) is 15.0 Å². The van der Waals surface area contributed by atoms with E-state index in [4.69, 9.17) is 25.7 Å². The molecule has 19 heavy (non-hydrogen) atoms. The van der Waals surface area contributed by atoms with Crippen molar-refractivity contribution in [2.75, 3.05) is 38.1 Å². The van der Waals surface area contributed by atoms with Crippen molar-refractivity contribution >= 4 is 17.8 Å². The summed E-state index contributed by atoms with van der Waals surface area (Å²) in [6.07, 6.45) is 0.253. The SMILES string of the molecule is CCC(OC)C(Nc1nc(N)nc(N)n1)(OC)OC. The fourth-order valence-corrected chi connectivity index (χ4v) is 1.74. The fraction of sp³-hybridized carbons (Fsp3) is 0.700. The van der Waals surface area contributed by atoms with Crippen molar-refractivity contribution in [2.24, 2.45) is 0 Å². The van der Waals surface area contributed by atoms with E-state index in [1.165, 1.54) is 14.2 Å². The topological polar surface area (TPSA) is 130 Å². The summed E-state index contributed by atoms with van der Waals surface area (Å²) in [5.41, 5.74) is 11.0. The average molecular weight is 272 g/mol. The number of nitrogens with two attached hydrogens (primary N) is 2. The van der Waals surface area contributed by atoms with Gasteiger partial charge < -0.3 is 31.0 Å². The molecular weight excluding hydrogens is 252 g/mol. The first-order valence-electron chi connectivity index (χ1n) is 5.69. The van der Waals surface area contributed by atoms with E-state index < -0.39 is 5.91 Å². The van der Waals surface area contributed by atoms with Gasteiger partial charge in [-0.1, -0.05) is 6.92 Å². The summed E-state index contributed by atoms with van der Waals surface area (Å²) in [5, 5.41) is 2.88. The van der Waals surface area contributed by atoms with E-state index in [2.05, 4.69) is 20.3 Å². The summed E-state index contributed by atoms with van der Waals surface area (Å²) < 4.78 is 16.1. The third-order valence-corrected chi connectivity index (χ3v) is 2.64. The molecule has 1 rings (SSSR count). The van der Waals surface area contributed by atoms with E-state index in [0.29, 0.717) is 6.42 Å². The third-order valence-electron chi connectivity index (χ3n) is 2.64. The smallest absolute Gasteiger partial charge is 0.278 e. The van der Waals surface area contributed by atoms with Gasteiger partial charge >= 0.3 is 0 Å². The zero-order valence-electron chi connectivity index (χ0n) is 11.5. The Morgan fingerprint density at radius 3 is 2.00 bits per heavy atom. The molecule has 1 aromatic rings. The van der Waals surface area contributed by atoms with Crippen LogP contribution in [0.2, 0.25) is 0 Å². The molecule has 108 valence electrons. The zero-order chi connectivity index (χ0) is 14.5. The lowest BCUT2D eigenvalue weighted by atomic mass is 10.2. The van der Waals surface area contributed by atoms with Gasteiger partial charge in [0.2, 0.25) is 17.8 Å². The maximum Gasteiger partial charge on any atom is 0.278 e. The number of aromatic nitrogens is 3. The molecule has 9 nitrogen and oxygen atoms in total. The standard InChI is InChI=1S/C10H20N6O3/c1-5-6(17-2)10(18-3,19-4)16-9-14-7(11)13-8(12)15-9/h6H,5H2,1-4H3,(H5,11,12,13,14,15,16). The van der Waals surface area contributed by atoms with Crippen molar-refractivity contribution in [3.8, 4) is 0 Å². The number of ether oxygens (including phenoxy) is 3. The molecule has 5 N–H and O–H groups in total. The van der Waals surface area contributed by atoms with Gasteiger partial charge in [-0.3, -0.25) is 0 Å². The van der Waals surface area contributed by atoms with Gasteiger partial charge in [0.25, 0.3) is 5.91 Å². The maximum absolute atomic E-state index is 5.51. The minimum atomic E-state index is -1.25. The normalized spacial score (nSPS) is 13.3. The molecule has 1 heterocycles. The number of methoxy groups -OCH3 is 3. The molecule has 1 aromatic heterocycles. The van der Waals surface area contributed by atoms with Crippen LogP contribution in [-0.2, 0) is 14.2 Å². The average Bonchev–Trinajstić information content (AvgIpc) is 2.37. The fourth-order valence-electron chi connectivity index (χ4n) is 1.74. The summed E-state index contributed by atoms with van der Waals surface area (Å²) in [6.45, 7) is 1.93. The number of nitrogen functional groups attached to an aromatic ring is 2. The highest BCUT2D eigenvalue weighted by Crippen LogP contribution is 2.23. The van der Waals surface area contributed by atoms with E-state index >= 15 is 0 Å². The van der Waals surface area contributed by atoms with Crippen LogP contribution in [0.15, 0.2) is 0 Å². The summed E-state index contributed by atoms with van der Waals surface area (Å²) in [4.78, 5) is 11.5. The highest BCUT2D eigenvalue weighted by Gasteiger charge is 2.40. The third kappa shape index (κ3) is 3.40. The number of nitrogens with zero attached hydrogens (tertiary/aromatic N) is 3. The second-order valence-electron chi connectivity index (χ2n) is 3.71. The molecule has 0 saturated heterocycles. The Kier molecular flexibility index (Phi) is 5.21. The van der Waals surface area contributed by atoms with E-state index in [-0.39, 0.29) is 23.9 Å². The lowest BCUT2D eigenvalue weighted by molar-refractivity contribution is -0.246. The van der Waals surface area contributed by atoms with Gasteiger partial charge in [-0.05, 0) is 6.42 Å². The minimum absolute atomic E-state index is 0.00146. The predicted molar refractivity (Wildman–Crippen MR) is 70.1 cm³/mol. The first-order chi connectivity index (χ1) is 9.01. The summed E-state index contributed by atoms with van der Waals surface area (Å²) in [7, 11) is 4.51. The lowest BCUT2D eigenvalue weighted by Gasteiger charge is -2.36. The predicted octanol–water partition coefficient (Wildman–Crippen LogP) is -0.180. The van der Waals surface area contributed by atoms with Gasteiger partial charge in [-0.15, -0.1) is 0 Å².